The summed E-state index contributed by atoms with van der Waals surface area (Å²) >= 11 is 0. The molecule has 7 heteroatoms. The van der Waals surface area contributed by atoms with Gasteiger partial charge in [0.2, 0.25) is 5.91 Å². The van der Waals surface area contributed by atoms with Gasteiger partial charge in [0.25, 0.3) is 5.69 Å². The van der Waals surface area contributed by atoms with Gasteiger partial charge in [0.15, 0.2) is 0 Å². The lowest BCUT2D eigenvalue weighted by atomic mass is 9.98. The van der Waals surface area contributed by atoms with Gasteiger partial charge >= 0.3 is 0 Å². The summed E-state index contributed by atoms with van der Waals surface area (Å²) in [5.41, 5.74) is 1.04. The molecule has 1 aliphatic heterocycles. The number of piperidine rings is 1. The molecule has 1 heterocycles. The van der Waals surface area contributed by atoms with Crippen LogP contribution in [0.4, 0.5) is 11.4 Å². The van der Waals surface area contributed by atoms with Crippen molar-refractivity contribution in [1.29, 1.82) is 0 Å². The molecular formula is C13H18ClN3O3. The van der Waals surface area contributed by atoms with Crippen LogP contribution in [0.5, 0.6) is 0 Å². The number of carbonyl (C=O) groups is 1. The van der Waals surface area contributed by atoms with E-state index in [9.17, 15) is 14.9 Å². The zero-order valence-electron chi connectivity index (χ0n) is 11.2. The van der Waals surface area contributed by atoms with Gasteiger partial charge < -0.3 is 10.6 Å². The first-order chi connectivity index (χ1) is 9.09. The third kappa shape index (κ3) is 3.68. The first-order valence-electron chi connectivity index (χ1n) is 6.35. The van der Waals surface area contributed by atoms with Gasteiger partial charge in [-0.2, -0.15) is 0 Å². The highest BCUT2D eigenvalue weighted by Crippen LogP contribution is 2.25. The zero-order chi connectivity index (χ0) is 13.8. The van der Waals surface area contributed by atoms with Crippen molar-refractivity contribution in [1.82, 2.24) is 5.32 Å². The van der Waals surface area contributed by atoms with Crippen molar-refractivity contribution in [2.45, 2.75) is 19.8 Å². The maximum Gasteiger partial charge on any atom is 0.274 e. The molecule has 0 unspecified atom stereocenters. The molecule has 1 atom stereocenters. The topological polar surface area (TPSA) is 84.3 Å². The number of amides is 1. The Kier molecular flexibility index (Phi) is 5.91. The molecular weight excluding hydrogens is 282 g/mol. The van der Waals surface area contributed by atoms with E-state index in [1.807, 2.05) is 0 Å². The van der Waals surface area contributed by atoms with Crippen LogP contribution in [0.1, 0.15) is 18.4 Å². The van der Waals surface area contributed by atoms with Crippen molar-refractivity contribution < 1.29 is 9.72 Å². The molecule has 1 amide bonds. The van der Waals surface area contributed by atoms with E-state index in [1.165, 1.54) is 6.07 Å². The summed E-state index contributed by atoms with van der Waals surface area (Å²) in [6.07, 6.45) is 1.83. The highest BCUT2D eigenvalue weighted by atomic mass is 35.5. The van der Waals surface area contributed by atoms with E-state index in [4.69, 9.17) is 0 Å². The van der Waals surface area contributed by atoms with Crippen molar-refractivity contribution in [2.24, 2.45) is 5.92 Å². The van der Waals surface area contributed by atoms with Crippen LogP contribution < -0.4 is 10.6 Å². The quantitative estimate of drug-likeness (QED) is 0.662. The maximum absolute atomic E-state index is 12.1. The average molecular weight is 300 g/mol. The molecule has 0 spiro atoms. The minimum atomic E-state index is -0.437. The summed E-state index contributed by atoms with van der Waals surface area (Å²) in [5.74, 6) is -0.136. The molecule has 1 aromatic carbocycles. The normalized spacial score (nSPS) is 17.9. The fourth-order valence-electron chi connectivity index (χ4n) is 2.27. The number of hydrogen-bond acceptors (Lipinski definition) is 4. The van der Waals surface area contributed by atoms with Gasteiger partial charge in [0, 0.05) is 12.6 Å². The summed E-state index contributed by atoms with van der Waals surface area (Å²) in [5, 5.41) is 16.8. The summed E-state index contributed by atoms with van der Waals surface area (Å²) in [6.45, 7) is 3.26. The van der Waals surface area contributed by atoms with Crippen LogP contribution in [0.3, 0.4) is 0 Å². The highest BCUT2D eigenvalue weighted by Gasteiger charge is 2.22. The molecule has 6 nitrogen and oxygen atoms in total. The lowest BCUT2D eigenvalue weighted by molar-refractivity contribution is -0.385. The number of carbonyl (C=O) groups excluding carboxylic acids is 1. The SMILES string of the molecule is Cc1c(NC(=O)[C@@H]2CCCNC2)cccc1[N+](=O)[O-].Cl. The van der Waals surface area contributed by atoms with Crippen LogP contribution in [-0.4, -0.2) is 23.9 Å². The van der Waals surface area contributed by atoms with E-state index in [1.54, 1.807) is 19.1 Å². The van der Waals surface area contributed by atoms with Crippen molar-refractivity contribution in [3.05, 3.63) is 33.9 Å². The van der Waals surface area contributed by atoms with E-state index < -0.39 is 4.92 Å². The molecule has 0 radical (unpaired) electrons. The van der Waals surface area contributed by atoms with Crippen LogP contribution in [-0.2, 0) is 4.79 Å². The van der Waals surface area contributed by atoms with Gasteiger partial charge in [-0.15, -0.1) is 12.4 Å². The molecule has 110 valence electrons. The average Bonchev–Trinajstić information content (AvgIpc) is 2.41. The number of nitrogens with zero attached hydrogens (tertiary/aromatic N) is 1. The second-order valence-electron chi connectivity index (χ2n) is 4.74. The lowest BCUT2D eigenvalue weighted by Crippen LogP contribution is -2.37. The van der Waals surface area contributed by atoms with Gasteiger partial charge in [-0.1, -0.05) is 6.07 Å². The van der Waals surface area contributed by atoms with Crippen LogP contribution in [0.2, 0.25) is 0 Å². The third-order valence-electron chi connectivity index (χ3n) is 3.43. The standard InChI is InChI=1S/C13H17N3O3.ClH/c1-9-11(5-2-6-12(9)16(18)19)15-13(17)10-4-3-7-14-8-10;/h2,5-6,10,14H,3-4,7-8H2,1H3,(H,15,17);1H/t10-;/m1./s1. The number of nitro groups is 1. The Labute approximate surface area is 123 Å². The van der Waals surface area contributed by atoms with Crippen molar-refractivity contribution in [3.63, 3.8) is 0 Å². The van der Waals surface area contributed by atoms with E-state index >= 15 is 0 Å². The third-order valence-corrected chi connectivity index (χ3v) is 3.43. The molecule has 20 heavy (non-hydrogen) atoms. The second-order valence-corrected chi connectivity index (χ2v) is 4.74. The Balaban J connectivity index is 0.00000200. The fraction of sp³-hybridized carbons (Fsp3) is 0.462. The van der Waals surface area contributed by atoms with E-state index in [0.717, 1.165) is 19.4 Å². The number of nitro benzene ring substituents is 1. The second kappa shape index (κ2) is 7.21. The maximum atomic E-state index is 12.1. The Bertz CT molecular complexity index is 502. The number of anilines is 1. The number of rotatable bonds is 3. The Morgan fingerprint density at radius 2 is 2.25 bits per heavy atom. The molecule has 1 aromatic rings. The lowest BCUT2D eigenvalue weighted by Gasteiger charge is -2.22. The van der Waals surface area contributed by atoms with Gasteiger partial charge in [0.1, 0.15) is 0 Å². The highest BCUT2D eigenvalue weighted by molar-refractivity contribution is 5.94. The largest absolute Gasteiger partial charge is 0.325 e. The van der Waals surface area contributed by atoms with Gasteiger partial charge in [0.05, 0.1) is 22.1 Å². The smallest absolute Gasteiger partial charge is 0.274 e. The van der Waals surface area contributed by atoms with Gasteiger partial charge in [-0.3, -0.25) is 14.9 Å². The molecule has 1 fully saturated rings. The predicted octanol–water partition coefficient (Wildman–Crippen LogP) is 2.26. The first kappa shape index (κ1) is 16.4. The zero-order valence-corrected chi connectivity index (χ0v) is 12.0. The number of benzene rings is 1. The molecule has 1 saturated heterocycles. The van der Waals surface area contributed by atoms with E-state index in [0.29, 0.717) is 17.8 Å². The van der Waals surface area contributed by atoms with Crippen LogP contribution in [0.15, 0.2) is 18.2 Å². The predicted molar refractivity (Wildman–Crippen MR) is 79.3 cm³/mol. The number of hydrogen-bond donors (Lipinski definition) is 2. The summed E-state index contributed by atoms with van der Waals surface area (Å²) in [7, 11) is 0. The minimum Gasteiger partial charge on any atom is -0.325 e. The monoisotopic (exact) mass is 299 g/mol. The Hall–Kier alpha value is -1.66. The molecule has 0 aliphatic carbocycles. The van der Waals surface area contributed by atoms with Crippen molar-refractivity contribution in [3.8, 4) is 0 Å². The number of halogens is 1. The summed E-state index contributed by atoms with van der Waals surface area (Å²) in [4.78, 5) is 22.5. The fourth-order valence-corrected chi connectivity index (χ4v) is 2.27. The minimum absolute atomic E-state index is 0. The Morgan fingerprint density at radius 1 is 1.50 bits per heavy atom. The molecule has 0 aromatic heterocycles. The summed E-state index contributed by atoms with van der Waals surface area (Å²) in [6, 6.07) is 4.71. The van der Waals surface area contributed by atoms with E-state index in [-0.39, 0.29) is 29.9 Å². The van der Waals surface area contributed by atoms with E-state index in [2.05, 4.69) is 10.6 Å². The van der Waals surface area contributed by atoms with Gasteiger partial charge in [-0.25, -0.2) is 0 Å². The van der Waals surface area contributed by atoms with Crippen LogP contribution >= 0.6 is 12.4 Å². The summed E-state index contributed by atoms with van der Waals surface area (Å²) < 4.78 is 0. The molecule has 2 N–H and O–H groups in total. The molecule has 1 aliphatic rings. The first-order valence-corrected chi connectivity index (χ1v) is 6.35. The Morgan fingerprint density at radius 3 is 2.85 bits per heavy atom. The van der Waals surface area contributed by atoms with Crippen molar-refractivity contribution >= 4 is 29.7 Å². The molecule has 0 saturated carbocycles. The van der Waals surface area contributed by atoms with Crippen molar-refractivity contribution in [2.75, 3.05) is 18.4 Å². The van der Waals surface area contributed by atoms with Crippen LogP contribution in [0.25, 0.3) is 0 Å². The molecule has 0 bridgehead atoms. The van der Waals surface area contributed by atoms with Gasteiger partial charge in [-0.05, 0) is 32.4 Å². The molecule has 2 rings (SSSR count). The van der Waals surface area contributed by atoms with Crippen LogP contribution in [0, 0.1) is 23.0 Å². The number of nitrogens with one attached hydrogen (secondary N) is 2.